The van der Waals surface area contributed by atoms with Crippen molar-refractivity contribution in [3.8, 4) is 0 Å². The number of esters is 1. The zero-order valence-electron chi connectivity index (χ0n) is 21.0. The van der Waals surface area contributed by atoms with Gasteiger partial charge in [-0.15, -0.1) is 0 Å². The number of halogens is 15. The molecular formula is C21H26F15NO3. The molecule has 1 unspecified atom stereocenters. The Kier molecular flexibility index (Phi) is 12.1. The van der Waals surface area contributed by atoms with Crippen LogP contribution in [0.3, 0.4) is 0 Å². The molecule has 4 nitrogen and oxygen atoms in total. The lowest BCUT2D eigenvalue weighted by Gasteiger charge is -2.41. The lowest BCUT2D eigenvalue weighted by molar-refractivity contribution is -0.449. The maximum Gasteiger partial charge on any atom is 0.460 e. The summed E-state index contributed by atoms with van der Waals surface area (Å²) >= 11 is 0. The number of hydrogen-bond acceptors (Lipinski definition) is 3. The van der Waals surface area contributed by atoms with Gasteiger partial charge in [-0.25, -0.2) is 4.79 Å². The fourth-order valence-electron chi connectivity index (χ4n) is 3.02. The van der Waals surface area contributed by atoms with E-state index < -0.39 is 72.0 Å². The fourth-order valence-corrected chi connectivity index (χ4v) is 3.02. The van der Waals surface area contributed by atoms with Crippen molar-refractivity contribution in [2.24, 2.45) is 5.92 Å². The van der Waals surface area contributed by atoms with Crippen molar-refractivity contribution < 1.29 is 80.2 Å². The highest BCUT2D eigenvalue weighted by Gasteiger charge is 2.94. The van der Waals surface area contributed by atoms with Gasteiger partial charge in [0.15, 0.2) is 0 Å². The van der Waals surface area contributed by atoms with E-state index in [4.69, 9.17) is 0 Å². The quantitative estimate of drug-likeness (QED) is 0.111. The van der Waals surface area contributed by atoms with Crippen LogP contribution in [0.2, 0.25) is 0 Å². The van der Waals surface area contributed by atoms with Gasteiger partial charge in [-0.3, -0.25) is 4.79 Å². The average molecular weight is 625 g/mol. The van der Waals surface area contributed by atoms with Gasteiger partial charge in [0.2, 0.25) is 0 Å². The van der Waals surface area contributed by atoms with E-state index in [1.807, 2.05) is 6.92 Å². The first-order valence-electron chi connectivity index (χ1n) is 11.5. The van der Waals surface area contributed by atoms with E-state index in [1.165, 1.54) is 13.8 Å². The highest BCUT2D eigenvalue weighted by molar-refractivity contribution is 5.89. The lowest BCUT2D eigenvalue weighted by atomic mass is 9.90. The molecule has 0 rings (SSSR count). The van der Waals surface area contributed by atoms with Gasteiger partial charge in [0.25, 0.3) is 5.91 Å². The molecule has 0 aromatic heterocycles. The van der Waals surface area contributed by atoms with E-state index >= 15 is 0 Å². The second kappa shape index (κ2) is 12.8. The van der Waals surface area contributed by atoms with Crippen LogP contribution >= 0.6 is 0 Å². The Balaban J connectivity index is 6.14. The minimum Gasteiger partial charge on any atom is -0.464 e. The normalized spacial score (nSPS) is 15.3. The molecular weight excluding hydrogens is 599 g/mol. The second-order valence-electron chi connectivity index (χ2n) is 9.18. The molecule has 1 atom stereocenters. The molecule has 0 aliphatic carbocycles. The van der Waals surface area contributed by atoms with Crippen LogP contribution < -0.4 is 5.32 Å². The number of carbonyl (C=O) groups is 2. The molecule has 238 valence electrons. The van der Waals surface area contributed by atoms with Gasteiger partial charge in [-0.2, -0.15) is 65.9 Å². The number of amides is 1. The number of carbonyl (C=O) groups excluding carboxylic acids is 2. The monoisotopic (exact) mass is 625 g/mol. The van der Waals surface area contributed by atoms with Crippen LogP contribution in [0.4, 0.5) is 65.9 Å². The molecule has 40 heavy (non-hydrogen) atoms. The number of nitrogens with one attached hydrogen (secondary N) is 1. The van der Waals surface area contributed by atoms with Gasteiger partial charge in [0.1, 0.15) is 6.04 Å². The minimum absolute atomic E-state index is 0.209. The molecule has 0 aromatic carbocycles. The standard InChI is InChI=1S/C21H26F15NO3/c1-4-5-6-7-8-9-40-13(38)12(10-11(2)3)37-14(39)15(22,23)16(24,25)17(26,27)18(28,29)19(30,31)20(32,33)21(34,35)36/h11-12H,4-10H2,1-3H3,(H,37,39). The van der Waals surface area contributed by atoms with Crippen molar-refractivity contribution in [2.45, 2.75) is 107 Å². The second-order valence-corrected chi connectivity index (χ2v) is 9.18. The summed E-state index contributed by atoms with van der Waals surface area (Å²) in [5.41, 5.74) is 0. The van der Waals surface area contributed by atoms with Crippen LogP contribution in [0.1, 0.15) is 59.3 Å². The van der Waals surface area contributed by atoms with Crippen molar-refractivity contribution >= 4 is 11.9 Å². The highest BCUT2D eigenvalue weighted by Crippen LogP contribution is 2.62. The Morgan fingerprint density at radius 2 is 1.07 bits per heavy atom. The van der Waals surface area contributed by atoms with Crippen molar-refractivity contribution in [2.75, 3.05) is 6.61 Å². The lowest BCUT2D eigenvalue weighted by Crippen LogP contribution is -2.74. The maximum absolute atomic E-state index is 14.1. The van der Waals surface area contributed by atoms with Crippen LogP contribution in [0.5, 0.6) is 0 Å². The Morgan fingerprint density at radius 3 is 1.50 bits per heavy atom. The molecule has 0 heterocycles. The zero-order chi connectivity index (χ0) is 32.2. The van der Waals surface area contributed by atoms with Gasteiger partial charge in [0.05, 0.1) is 6.61 Å². The maximum atomic E-state index is 14.1. The molecule has 0 saturated carbocycles. The van der Waals surface area contributed by atoms with E-state index in [2.05, 4.69) is 4.74 Å². The Morgan fingerprint density at radius 1 is 0.650 bits per heavy atom. The van der Waals surface area contributed by atoms with Gasteiger partial charge in [0, 0.05) is 0 Å². The largest absolute Gasteiger partial charge is 0.464 e. The van der Waals surface area contributed by atoms with Crippen LogP contribution in [0, 0.1) is 5.92 Å². The Labute approximate surface area is 218 Å². The first-order valence-corrected chi connectivity index (χ1v) is 11.5. The fraction of sp³-hybridized carbons (Fsp3) is 0.905. The summed E-state index contributed by atoms with van der Waals surface area (Å²) in [5, 5.41) is 0.835. The molecule has 0 aliphatic rings. The predicted octanol–water partition coefficient (Wildman–Crippen LogP) is 7.41. The molecule has 0 aliphatic heterocycles. The Bertz CT molecular complexity index is 857. The zero-order valence-corrected chi connectivity index (χ0v) is 21.0. The third kappa shape index (κ3) is 7.20. The number of rotatable bonds is 16. The molecule has 0 spiro atoms. The summed E-state index contributed by atoms with van der Waals surface area (Å²) in [7, 11) is 0. The summed E-state index contributed by atoms with van der Waals surface area (Å²) in [6.07, 6.45) is -5.39. The average Bonchev–Trinajstić information content (AvgIpc) is 2.78. The molecule has 0 aromatic rings. The first kappa shape index (κ1) is 37.9. The minimum atomic E-state index is -8.51. The molecule has 19 heteroatoms. The number of ether oxygens (including phenoxy) is 1. The van der Waals surface area contributed by atoms with E-state index in [0.29, 0.717) is 12.8 Å². The highest BCUT2D eigenvalue weighted by atomic mass is 19.4. The van der Waals surface area contributed by atoms with Crippen molar-refractivity contribution in [3.05, 3.63) is 0 Å². The smallest absolute Gasteiger partial charge is 0.460 e. The summed E-state index contributed by atoms with van der Waals surface area (Å²) in [6, 6.07) is -2.30. The van der Waals surface area contributed by atoms with Crippen LogP contribution in [-0.4, -0.2) is 66.2 Å². The Hall–Kier alpha value is -2.11. The SMILES string of the molecule is CCCCCCCOC(=O)C(CC(C)C)NC(=O)C(F)(F)C(F)(F)C(F)(F)C(F)(F)C(F)(F)C(F)(F)C(F)(F)F. The van der Waals surface area contributed by atoms with Gasteiger partial charge in [-0.05, 0) is 18.8 Å². The summed E-state index contributed by atoms with van der Waals surface area (Å²) in [4.78, 5) is 23.9. The number of alkyl halides is 15. The van der Waals surface area contributed by atoms with E-state index in [9.17, 15) is 75.4 Å². The van der Waals surface area contributed by atoms with Gasteiger partial charge in [-0.1, -0.05) is 46.5 Å². The van der Waals surface area contributed by atoms with Crippen LogP contribution in [0.15, 0.2) is 0 Å². The van der Waals surface area contributed by atoms with E-state index in [0.717, 1.165) is 18.2 Å². The first-order chi connectivity index (χ1) is 17.7. The van der Waals surface area contributed by atoms with Crippen LogP contribution in [0.25, 0.3) is 0 Å². The molecule has 0 bridgehead atoms. The molecule has 0 radical (unpaired) electrons. The summed E-state index contributed by atoms with van der Waals surface area (Å²) < 4.78 is 205. The summed E-state index contributed by atoms with van der Waals surface area (Å²) in [5.74, 6) is -54.6. The topological polar surface area (TPSA) is 55.4 Å². The van der Waals surface area contributed by atoms with Crippen LogP contribution in [-0.2, 0) is 14.3 Å². The van der Waals surface area contributed by atoms with Crippen molar-refractivity contribution in [1.82, 2.24) is 5.32 Å². The summed E-state index contributed by atoms with van der Waals surface area (Å²) in [6.45, 7) is 4.05. The third-order valence-corrected chi connectivity index (χ3v) is 5.40. The molecule has 1 amide bonds. The van der Waals surface area contributed by atoms with E-state index in [-0.39, 0.29) is 13.0 Å². The molecule has 0 saturated heterocycles. The third-order valence-electron chi connectivity index (χ3n) is 5.40. The number of hydrogen-bond donors (Lipinski definition) is 1. The van der Waals surface area contributed by atoms with E-state index in [1.54, 1.807) is 0 Å². The van der Waals surface area contributed by atoms with Crippen molar-refractivity contribution in [3.63, 3.8) is 0 Å². The van der Waals surface area contributed by atoms with Crippen molar-refractivity contribution in [1.29, 1.82) is 0 Å². The molecule has 1 N–H and O–H groups in total. The number of unbranched alkanes of at least 4 members (excludes halogenated alkanes) is 4. The van der Waals surface area contributed by atoms with Gasteiger partial charge >= 0.3 is 47.7 Å². The molecule has 0 fully saturated rings. The predicted molar refractivity (Wildman–Crippen MR) is 107 cm³/mol. The van der Waals surface area contributed by atoms with Gasteiger partial charge < -0.3 is 10.1 Å².